The van der Waals surface area contributed by atoms with Crippen LogP contribution in [0.15, 0.2) is 24.4 Å². The Labute approximate surface area is 95.2 Å². The molecule has 0 unspecified atom stereocenters. The summed E-state index contributed by atoms with van der Waals surface area (Å²) in [6, 6.07) is 5.89. The average molecular weight is 292 g/mol. The molecule has 0 spiro atoms. The van der Waals surface area contributed by atoms with E-state index in [0.717, 1.165) is 5.69 Å². The largest absolute Gasteiger partial charge is 1.00 e. The van der Waals surface area contributed by atoms with E-state index < -0.39 is 0 Å². The summed E-state index contributed by atoms with van der Waals surface area (Å²) in [4.78, 5) is 10.6. The van der Waals surface area contributed by atoms with Gasteiger partial charge in [0.25, 0.3) is 0 Å². The van der Waals surface area contributed by atoms with Crippen LogP contribution in [0.1, 0.15) is 12.6 Å². The zero-order chi connectivity index (χ0) is 8.97. The van der Waals surface area contributed by atoms with Crippen LogP contribution in [0.3, 0.4) is 0 Å². The molecule has 4 heteroatoms. The van der Waals surface area contributed by atoms with Crippen molar-refractivity contribution in [2.45, 2.75) is 13.5 Å². The summed E-state index contributed by atoms with van der Waals surface area (Å²) in [5.41, 5.74) is 1.09. The molecular weight excluding hydrogens is 279 g/mol. The number of carbonyl (C=O) groups is 1. The maximum absolute atomic E-state index is 10.6. The lowest BCUT2D eigenvalue weighted by atomic mass is 10.3. The molecule has 0 saturated carbocycles. The van der Waals surface area contributed by atoms with Crippen LogP contribution in [-0.2, 0) is 18.4 Å². The molecule has 3 nitrogen and oxygen atoms in total. The predicted octanol–water partition coefficient (Wildman–Crippen LogP) is -2.85. The Bertz CT molecular complexity index is 289. The van der Waals surface area contributed by atoms with Gasteiger partial charge in [-0.05, 0) is 0 Å². The molecule has 1 aromatic rings. The molecule has 0 aliphatic rings. The molecule has 0 aliphatic carbocycles. The summed E-state index contributed by atoms with van der Waals surface area (Å²) in [5.74, 6) is -0.00106. The molecule has 0 fully saturated rings. The van der Waals surface area contributed by atoms with Gasteiger partial charge in [0.1, 0.15) is 13.6 Å². The molecule has 1 N–H and O–H groups in total. The first-order valence-electron chi connectivity index (χ1n) is 3.88. The molecule has 0 radical (unpaired) electrons. The van der Waals surface area contributed by atoms with Crippen LogP contribution in [-0.4, -0.2) is 5.91 Å². The van der Waals surface area contributed by atoms with Gasteiger partial charge in [0.15, 0.2) is 11.9 Å². The van der Waals surface area contributed by atoms with Crippen LogP contribution in [0.25, 0.3) is 0 Å². The highest BCUT2D eigenvalue weighted by atomic mass is 127. The number of carbonyl (C=O) groups excluding carboxylic acids is 1. The summed E-state index contributed by atoms with van der Waals surface area (Å²) >= 11 is 0. The maximum atomic E-state index is 10.6. The SMILES string of the molecule is CC(=O)NCc1cccc[n+]1C.[I-]. The number of pyridine rings is 1. The molecular formula is C9H13IN2O. The Kier molecular flexibility index (Phi) is 5.61. The third-order valence-electron chi connectivity index (χ3n) is 1.68. The second-order valence-corrected chi connectivity index (χ2v) is 2.71. The number of nitrogens with one attached hydrogen (secondary N) is 1. The van der Waals surface area contributed by atoms with Crippen LogP contribution < -0.4 is 33.9 Å². The van der Waals surface area contributed by atoms with E-state index in [1.165, 1.54) is 6.92 Å². The van der Waals surface area contributed by atoms with Crippen LogP contribution >= 0.6 is 0 Å². The summed E-state index contributed by atoms with van der Waals surface area (Å²) in [6.07, 6.45) is 1.96. The van der Waals surface area contributed by atoms with Crippen LogP contribution in [0, 0.1) is 0 Å². The third kappa shape index (κ3) is 4.21. The number of aryl methyl sites for hydroxylation is 1. The van der Waals surface area contributed by atoms with Crippen molar-refractivity contribution >= 4 is 5.91 Å². The monoisotopic (exact) mass is 292 g/mol. The molecule has 1 heterocycles. The highest BCUT2D eigenvalue weighted by Crippen LogP contribution is 1.88. The van der Waals surface area contributed by atoms with Gasteiger partial charge in [-0.3, -0.25) is 4.79 Å². The molecule has 0 atom stereocenters. The van der Waals surface area contributed by atoms with E-state index in [0.29, 0.717) is 6.54 Å². The van der Waals surface area contributed by atoms with E-state index in [-0.39, 0.29) is 29.9 Å². The summed E-state index contributed by atoms with van der Waals surface area (Å²) in [6.45, 7) is 2.11. The first kappa shape index (κ1) is 12.3. The molecule has 1 rings (SSSR count). The van der Waals surface area contributed by atoms with Crippen LogP contribution in [0.4, 0.5) is 0 Å². The molecule has 72 valence electrons. The Morgan fingerprint density at radius 3 is 2.77 bits per heavy atom. The molecule has 0 aliphatic heterocycles. The lowest BCUT2D eigenvalue weighted by molar-refractivity contribution is -0.679. The van der Waals surface area contributed by atoms with Gasteiger partial charge in [-0.15, -0.1) is 0 Å². The number of rotatable bonds is 2. The minimum absolute atomic E-state index is 0. The molecule has 0 aromatic carbocycles. The number of halogens is 1. The van der Waals surface area contributed by atoms with Crippen LogP contribution in [0.5, 0.6) is 0 Å². The molecule has 0 bridgehead atoms. The Balaban J connectivity index is 0.00000144. The lowest BCUT2D eigenvalue weighted by Crippen LogP contribution is -3.00. The standard InChI is InChI=1S/C9H12N2O.HI/c1-8(12)10-7-9-5-3-4-6-11(9)2;/h3-6H,7H2,1-2H3;1H. The first-order valence-corrected chi connectivity index (χ1v) is 3.88. The second-order valence-electron chi connectivity index (χ2n) is 2.71. The summed E-state index contributed by atoms with van der Waals surface area (Å²) < 4.78 is 1.98. The highest BCUT2D eigenvalue weighted by molar-refractivity contribution is 5.72. The van der Waals surface area contributed by atoms with Gasteiger partial charge < -0.3 is 29.3 Å². The normalized spacial score (nSPS) is 8.77. The summed E-state index contributed by atoms with van der Waals surface area (Å²) in [5, 5.41) is 2.74. The number of aromatic nitrogens is 1. The van der Waals surface area contributed by atoms with E-state index in [1.54, 1.807) is 0 Å². The van der Waals surface area contributed by atoms with E-state index in [2.05, 4.69) is 5.32 Å². The highest BCUT2D eigenvalue weighted by Gasteiger charge is 2.03. The first-order chi connectivity index (χ1) is 5.70. The lowest BCUT2D eigenvalue weighted by Gasteiger charge is -1.99. The van der Waals surface area contributed by atoms with Crippen molar-refractivity contribution in [3.8, 4) is 0 Å². The minimum atomic E-state index is -0.00106. The zero-order valence-corrected chi connectivity index (χ0v) is 9.91. The van der Waals surface area contributed by atoms with Crippen molar-refractivity contribution in [2.75, 3.05) is 0 Å². The van der Waals surface area contributed by atoms with E-state index >= 15 is 0 Å². The van der Waals surface area contributed by atoms with Crippen molar-refractivity contribution in [3.05, 3.63) is 30.1 Å². The van der Waals surface area contributed by atoms with Gasteiger partial charge in [0.2, 0.25) is 5.91 Å². The predicted molar refractivity (Wildman–Crippen MR) is 45.1 cm³/mol. The smallest absolute Gasteiger partial charge is 0.217 e. The van der Waals surface area contributed by atoms with Crippen molar-refractivity contribution in [1.29, 1.82) is 0 Å². The third-order valence-corrected chi connectivity index (χ3v) is 1.68. The minimum Gasteiger partial charge on any atom is -1.00 e. The van der Waals surface area contributed by atoms with E-state index in [4.69, 9.17) is 0 Å². The van der Waals surface area contributed by atoms with Gasteiger partial charge in [0, 0.05) is 19.1 Å². The quantitative estimate of drug-likeness (QED) is 0.462. The Morgan fingerprint density at radius 2 is 2.23 bits per heavy atom. The average Bonchev–Trinajstić information content (AvgIpc) is 2.03. The topological polar surface area (TPSA) is 33.0 Å². The zero-order valence-electron chi connectivity index (χ0n) is 7.75. The van der Waals surface area contributed by atoms with Gasteiger partial charge in [-0.1, -0.05) is 6.07 Å². The fraction of sp³-hybridized carbons (Fsp3) is 0.333. The van der Waals surface area contributed by atoms with Crippen molar-refractivity contribution < 1.29 is 33.3 Å². The Morgan fingerprint density at radius 1 is 1.54 bits per heavy atom. The molecule has 1 aromatic heterocycles. The van der Waals surface area contributed by atoms with Crippen molar-refractivity contribution in [2.24, 2.45) is 7.05 Å². The number of hydrogen-bond acceptors (Lipinski definition) is 1. The molecule has 1 amide bonds. The van der Waals surface area contributed by atoms with E-state index in [9.17, 15) is 4.79 Å². The van der Waals surface area contributed by atoms with Crippen molar-refractivity contribution in [3.63, 3.8) is 0 Å². The Hall–Kier alpha value is -0.650. The maximum Gasteiger partial charge on any atom is 0.217 e. The number of nitrogens with zero attached hydrogens (tertiary/aromatic N) is 1. The van der Waals surface area contributed by atoms with Crippen LogP contribution in [0.2, 0.25) is 0 Å². The fourth-order valence-electron chi connectivity index (χ4n) is 0.957. The molecule has 13 heavy (non-hydrogen) atoms. The number of hydrogen-bond donors (Lipinski definition) is 1. The summed E-state index contributed by atoms with van der Waals surface area (Å²) in [7, 11) is 1.96. The fourth-order valence-corrected chi connectivity index (χ4v) is 0.957. The van der Waals surface area contributed by atoms with Gasteiger partial charge in [-0.25, -0.2) is 4.57 Å². The van der Waals surface area contributed by atoms with E-state index in [1.807, 2.05) is 36.0 Å². The molecule has 0 saturated heterocycles. The van der Waals surface area contributed by atoms with Gasteiger partial charge in [0.05, 0.1) is 0 Å². The van der Waals surface area contributed by atoms with Gasteiger partial charge >= 0.3 is 0 Å². The number of amides is 1. The van der Waals surface area contributed by atoms with Crippen molar-refractivity contribution in [1.82, 2.24) is 5.32 Å². The van der Waals surface area contributed by atoms with Gasteiger partial charge in [-0.2, -0.15) is 0 Å². The second kappa shape index (κ2) is 5.90.